The van der Waals surface area contributed by atoms with Crippen LogP contribution in [-0.2, 0) is 17.8 Å². The molecule has 1 aromatic carbocycles. The topological polar surface area (TPSA) is 60.4 Å². The van der Waals surface area contributed by atoms with Gasteiger partial charge in [-0.2, -0.15) is 0 Å². The highest BCUT2D eigenvalue weighted by Gasteiger charge is 2.23. The lowest BCUT2D eigenvalue weighted by Crippen LogP contribution is -2.53. The first kappa shape index (κ1) is 21.0. The Bertz CT molecular complexity index is 625. The van der Waals surface area contributed by atoms with Crippen molar-refractivity contribution in [3.63, 3.8) is 0 Å². The van der Waals surface area contributed by atoms with Crippen molar-refractivity contribution in [1.29, 1.82) is 0 Å². The van der Waals surface area contributed by atoms with Crippen molar-refractivity contribution in [3.05, 3.63) is 35.4 Å². The van der Waals surface area contributed by atoms with Crippen molar-refractivity contribution in [2.45, 2.75) is 26.9 Å². The van der Waals surface area contributed by atoms with E-state index in [0.29, 0.717) is 26.2 Å². The number of carbonyl (C=O) groups excluding carboxylic acids is 1. The van der Waals surface area contributed by atoms with Crippen molar-refractivity contribution in [2.24, 2.45) is 4.99 Å². The lowest BCUT2D eigenvalue weighted by atomic mass is 10.1. The van der Waals surface area contributed by atoms with Crippen LogP contribution in [0.15, 0.2) is 29.3 Å². The molecule has 1 aliphatic rings. The van der Waals surface area contributed by atoms with Crippen LogP contribution in [0.2, 0.25) is 0 Å². The van der Waals surface area contributed by atoms with Crippen LogP contribution in [0.1, 0.15) is 25.0 Å². The average molecular weight is 376 g/mol. The molecule has 0 saturated carbocycles. The predicted octanol–water partition coefficient (Wildman–Crippen LogP) is 1.99. The van der Waals surface area contributed by atoms with E-state index >= 15 is 0 Å². The maximum absolute atomic E-state index is 11.9. The molecule has 1 amide bonds. The molecule has 1 N–H and O–H groups in total. The van der Waals surface area contributed by atoms with Gasteiger partial charge in [0.05, 0.1) is 13.2 Å². The number of amides is 1. The van der Waals surface area contributed by atoms with E-state index in [4.69, 9.17) is 9.73 Å². The van der Waals surface area contributed by atoms with Crippen LogP contribution in [0.3, 0.4) is 0 Å². The Labute approximate surface area is 163 Å². The molecule has 7 heteroatoms. The number of nitrogens with zero attached hydrogens (tertiary/aromatic N) is 4. The maximum Gasteiger partial charge on any atom is 0.409 e. The first-order chi connectivity index (χ1) is 13.0. The summed E-state index contributed by atoms with van der Waals surface area (Å²) in [4.78, 5) is 22.8. The third-order valence-corrected chi connectivity index (χ3v) is 4.34. The highest BCUT2D eigenvalue weighted by molar-refractivity contribution is 5.80. The lowest BCUT2D eigenvalue weighted by Gasteiger charge is -2.35. The zero-order chi connectivity index (χ0) is 19.6. The van der Waals surface area contributed by atoms with Crippen LogP contribution in [0, 0.1) is 0 Å². The van der Waals surface area contributed by atoms with Gasteiger partial charge in [-0.05, 0) is 39.1 Å². The summed E-state index contributed by atoms with van der Waals surface area (Å²) in [6, 6.07) is 8.57. The molecule has 0 spiro atoms. The van der Waals surface area contributed by atoms with Gasteiger partial charge in [-0.3, -0.25) is 0 Å². The standard InChI is InChI=1S/C20H33N5O2/c1-5-21-19(24-10-12-25(13-11-24)20(26)27-6-2)22-15-17-8-7-9-18(14-17)16-23(3)4/h7-9,14H,5-6,10-13,15-16H2,1-4H3,(H,21,22). The molecule has 1 fully saturated rings. The fourth-order valence-electron chi connectivity index (χ4n) is 3.10. The third kappa shape index (κ3) is 6.75. The highest BCUT2D eigenvalue weighted by Crippen LogP contribution is 2.10. The smallest absolute Gasteiger partial charge is 0.409 e. The second-order valence-electron chi connectivity index (χ2n) is 6.90. The molecular formula is C20H33N5O2. The molecule has 150 valence electrons. The Balaban J connectivity index is 1.98. The maximum atomic E-state index is 11.9. The number of hydrogen-bond donors (Lipinski definition) is 1. The van der Waals surface area contributed by atoms with Gasteiger partial charge in [0.2, 0.25) is 0 Å². The number of carbonyl (C=O) groups is 1. The molecule has 27 heavy (non-hydrogen) atoms. The monoisotopic (exact) mass is 375 g/mol. The number of aliphatic imine (C=N–C) groups is 1. The molecular weight excluding hydrogens is 342 g/mol. The summed E-state index contributed by atoms with van der Waals surface area (Å²) in [7, 11) is 4.15. The van der Waals surface area contributed by atoms with Gasteiger partial charge in [0, 0.05) is 39.3 Å². The van der Waals surface area contributed by atoms with Crippen molar-refractivity contribution < 1.29 is 9.53 Å². The van der Waals surface area contributed by atoms with Crippen molar-refractivity contribution in [3.8, 4) is 0 Å². The van der Waals surface area contributed by atoms with Gasteiger partial charge in [-0.1, -0.05) is 24.3 Å². The van der Waals surface area contributed by atoms with Crippen LogP contribution in [0.4, 0.5) is 4.79 Å². The molecule has 1 heterocycles. The molecule has 1 saturated heterocycles. The van der Waals surface area contributed by atoms with Crippen molar-refractivity contribution >= 4 is 12.1 Å². The van der Waals surface area contributed by atoms with Crippen molar-refractivity contribution in [1.82, 2.24) is 20.0 Å². The van der Waals surface area contributed by atoms with Gasteiger partial charge >= 0.3 is 6.09 Å². The summed E-state index contributed by atoms with van der Waals surface area (Å²) < 4.78 is 5.09. The predicted molar refractivity (Wildman–Crippen MR) is 109 cm³/mol. The Morgan fingerprint density at radius 1 is 1.15 bits per heavy atom. The number of nitrogens with one attached hydrogen (secondary N) is 1. The van der Waals surface area contributed by atoms with Gasteiger partial charge in [0.15, 0.2) is 5.96 Å². The summed E-state index contributed by atoms with van der Waals surface area (Å²) in [6.45, 7) is 9.52. The van der Waals surface area contributed by atoms with Gasteiger partial charge in [-0.15, -0.1) is 0 Å². The third-order valence-electron chi connectivity index (χ3n) is 4.34. The average Bonchev–Trinajstić information content (AvgIpc) is 2.65. The van der Waals surface area contributed by atoms with Gasteiger partial charge in [0.25, 0.3) is 0 Å². The van der Waals surface area contributed by atoms with E-state index in [1.165, 1.54) is 11.1 Å². The van der Waals surface area contributed by atoms with Gasteiger partial charge in [-0.25, -0.2) is 9.79 Å². The van der Waals surface area contributed by atoms with Crippen molar-refractivity contribution in [2.75, 3.05) is 53.4 Å². The van der Waals surface area contributed by atoms with E-state index in [1.54, 1.807) is 4.90 Å². The summed E-state index contributed by atoms with van der Waals surface area (Å²) in [5, 5.41) is 3.37. The Kier molecular flexibility index (Phi) is 8.39. The first-order valence-corrected chi connectivity index (χ1v) is 9.71. The van der Waals surface area contributed by atoms with E-state index in [-0.39, 0.29) is 6.09 Å². The normalized spacial score (nSPS) is 15.2. The molecule has 1 aromatic rings. The minimum absolute atomic E-state index is 0.225. The van der Waals surface area contributed by atoms with E-state index in [0.717, 1.165) is 32.1 Å². The molecule has 2 rings (SSSR count). The van der Waals surface area contributed by atoms with Crippen LogP contribution in [0.25, 0.3) is 0 Å². The van der Waals surface area contributed by atoms with E-state index in [2.05, 4.69) is 60.4 Å². The van der Waals surface area contributed by atoms with E-state index in [1.807, 2.05) is 6.92 Å². The zero-order valence-corrected chi connectivity index (χ0v) is 17.1. The summed E-state index contributed by atoms with van der Waals surface area (Å²) >= 11 is 0. The Morgan fingerprint density at radius 3 is 2.44 bits per heavy atom. The largest absolute Gasteiger partial charge is 0.450 e. The summed E-state index contributed by atoms with van der Waals surface area (Å²) in [5.74, 6) is 0.902. The molecule has 0 aliphatic carbocycles. The minimum atomic E-state index is -0.225. The summed E-state index contributed by atoms with van der Waals surface area (Å²) in [5.41, 5.74) is 2.50. The Morgan fingerprint density at radius 2 is 1.81 bits per heavy atom. The van der Waals surface area contributed by atoms with Gasteiger partial charge in [0.1, 0.15) is 0 Å². The molecule has 0 unspecified atom stereocenters. The zero-order valence-electron chi connectivity index (χ0n) is 17.1. The molecule has 0 bridgehead atoms. The van der Waals surface area contributed by atoms with Crippen LogP contribution >= 0.6 is 0 Å². The number of hydrogen-bond acceptors (Lipinski definition) is 4. The quantitative estimate of drug-likeness (QED) is 0.609. The van der Waals surface area contributed by atoms with E-state index < -0.39 is 0 Å². The number of rotatable bonds is 6. The second kappa shape index (κ2) is 10.8. The van der Waals surface area contributed by atoms with E-state index in [9.17, 15) is 4.79 Å². The van der Waals surface area contributed by atoms with Crippen LogP contribution < -0.4 is 5.32 Å². The number of piperazine rings is 1. The fraction of sp³-hybridized carbons (Fsp3) is 0.600. The Hall–Kier alpha value is -2.28. The van der Waals surface area contributed by atoms with Crippen LogP contribution in [0.5, 0.6) is 0 Å². The van der Waals surface area contributed by atoms with Crippen LogP contribution in [-0.4, -0.2) is 80.2 Å². The molecule has 1 aliphatic heterocycles. The fourth-order valence-corrected chi connectivity index (χ4v) is 3.10. The first-order valence-electron chi connectivity index (χ1n) is 9.71. The lowest BCUT2D eigenvalue weighted by molar-refractivity contribution is 0.0914. The molecule has 0 radical (unpaired) electrons. The molecule has 0 aromatic heterocycles. The molecule has 0 atom stereocenters. The SMILES string of the molecule is CCNC(=NCc1cccc(CN(C)C)c1)N1CCN(C(=O)OCC)CC1. The number of benzene rings is 1. The summed E-state index contributed by atoms with van der Waals surface area (Å²) in [6.07, 6.45) is -0.225. The minimum Gasteiger partial charge on any atom is -0.450 e. The second-order valence-corrected chi connectivity index (χ2v) is 6.90. The number of ether oxygens (including phenoxy) is 1. The number of guanidine groups is 1. The molecule has 7 nitrogen and oxygen atoms in total. The van der Waals surface area contributed by atoms with Gasteiger partial charge < -0.3 is 24.8 Å². The highest BCUT2D eigenvalue weighted by atomic mass is 16.6.